The summed E-state index contributed by atoms with van der Waals surface area (Å²) >= 11 is 0. The minimum atomic E-state index is 0.659. The van der Waals surface area contributed by atoms with Gasteiger partial charge in [0.1, 0.15) is 0 Å². The molecule has 4 nitrogen and oxygen atoms in total. The Balaban J connectivity index is 1.70. The smallest absolute Gasteiger partial charge is 0.151 e. The van der Waals surface area contributed by atoms with Gasteiger partial charge in [-0.25, -0.2) is 0 Å². The molecule has 4 heteroatoms. The van der Waals surface area contributed by atoms with Gasteiger partial charge in [-0.1, -0.05) is 19.8 Å². The molecular weight excluding hydrogens is 236 g/mol. The topological polar surface area (TPSA) is 41.0 Å². The van der Waals surface area contributed by atoms with Gasteiger partial charge in [-0.3, -0.25) is 0 Å². The van der Waals surface area contributed by atoms with Gasteiger partial charge in [0.05, 0.1) is 5.69 Å². The van der Waals surface area contributed by atoms with E-state index in [4.69, 9.17) is 0 Å². The van der Waals surface area contributed by atoms with Crippen molar-refractivity contribution in [3.05, 3.63) is 17.8 Å². The summed E-state index contributed by atoms with van der Waals surface area (Å²) in [5, 5.41) is 12.4. The third-order valence-electron chi connectivity index (χ3n) is 4.35. The minimum Gasteiger partial charge on any atom is -0.354 e. The zero-order chi connectivity index (χ0) is 13.1. The van der Waals surface area contributed by atoms with Crippen molar-refractivity contribution in [3.63, 3.8) is 0 Å². The highest BCUT2D eigenvalue weighted by molar-refractivity contribution is 5.38. The molecule has 1 aliphatic heterocycles. The molecule has 0 bridgehead atoms. The van der Waals surface area contributed by atoms with Gasteiger partial charge < -0.3 is 10.2 Å². The molecule has 0 aromatic carbocycles. The van der Waals surface area contributed by atoms with Crippen LogP contribution in [0.4, 0.5) is 5.82 Å². The summed E-state index contributed by atoms with van der Waals surface area (Å²) in [7, 11) is 0. The maximum atomic E-state index is 4.48. The van der Waals surface area contributed by atoms with E-state index in [0.29, 0.717) is 11.8 Å². The molecule has 1 atom stereocenters. The molecule has 2 heterocycles. The van der Waals surface area contributed by atoms with E-state index in [0.717, 1.165) is 32.0 Å². The lowest BCUT2D eigenvalue weighted by molar-refractivity contribution is 0.562. The van der Waals surface area contributed by atoms with E-state index in [1.54, 1.807) is 0 Å². The van der Waals surface area contributed by atoms with Gasteiger partial charge in [0.25, 0.3) is 0 Å². The maximum absolute atomic E-state index is 4.48. The molecule has 0 spiro atoms. The van der Waals surface area contributed by atoms with Crippen molar-refractivity contribution < 1.29 is 0 Å². The largest absolute Gasteiger partial charge is 0.354 e. The van der Waals surface area contributed by atoms with Gasteiger partial charge in [-0.05, 0) is 37.4 Å². The molecule has 1 saturated carbocycles. The maximum Gasteiger partial charge on any atom is 0.151 e. The summed E-state index contributed by atoms with van der Waals surface area (Å²) in [5.74, 6) is 2.36. The van der Waals surface area contributed by atoms with Gasteiger partial charge in [0.15, 0.2) is 5.82 Å². The van der Waals surface area contributed by atoms with E-state index in [1.165, 1.54) is 31.4 Å². The number of anilines is 1. The van der Waals surface area contributed by atoms with Gasteiger partial charge in [-0.15, -0.1) is 5.10 Å². The highest BCUT2D eigenvalue weighted by Gasteiger charge is 2.20. The molecule has 1 saturated heterocycles. The highest BCUT2D eigenvalue weighted by Crippen LogP contribution is 2.32. The standard InChI is InChI=1S/C15H24N4/c1-12-10-16-8-9-19(11-12)15-7-6-14(17-18-15)13-4-2-3-5-13/h6-7,12-13,16H,2-5,8-11H2,1H3. The third-order valence-corrected chi connectivity index (χ3v) is 4.35. The molecule has 19 heavy (non-hydrogen) atoms. The first kappa shape index (κ1) is 12.9. The average Bonchev–Trinajstić information content (AvgIpc) is 2.88. The lowest BCUT2D eigenvalue weighted by Gasteiger charge is -2.23. The molecule has 0 radical (unpaired) electrons. The van der Waals surface area contributed by atoms with Gasteiger partial charge in [0.2, 0.25) is 0 Å². The predicted molar refractivity (Wildman–Crippen MR) is 77.5 cm³/mol. The summed E-state index contributed by atoms with van der Waals surface area (Å²) in [5.41, 5.74) is 1.20. The van der Waals surface area contributed by atoms with Crippen LogP contribution in [0.2, 0.25) is 0 Å². The molecule has 1 aromatic rings. The second-order valence-electron chi connectivity index (χ2n) is 6.05. The fraction of sp³-hybridized carbons (Fsp3) is 0.733. The molecular formula is C15H24N4. The minimum absolute atomic E-state index is 0.659. The molecule has 3 rings (SSSR count). The van der Waals surface area contributed by atoms with Crippen molar-refractivity contribution >= 4 is 5.82 Å². The van der Waals surface area contributed by atoms with E-state index in [-0.39, 0.29) is 0 Å². The van der Waals surface area contributed by atoms with Crippen LogP contribution in [0.5, 0.6) is 0 Å². The van der Waals surface area contributed by atoms with Crippen LogP contribution in [0, 0.1) is 5.92 Å². The number of hydrogen-bond donors (Lipinski definition) is 1. The molecule has 1 N–H and O–H groups in total. The summed E-state index contributed by atoms with van der Waals surface area (Å²) in [4.78, 5) is 2.36. The van der Waals surface area contributed by atoms with Crippen molar-refractivity contribution in [2.24, 2.45) is 5.92 Å². The summed E-state index contributed by atoms with van der Waals surface area (Å²) in [6, 6.07) is 4.36. The Morgan fingerprint density at radius 1 is 1.21 bits per heavy atom. The number of nitrogens with one attached hydrogen (secondary N) is 1. The molecule has 2 fully saturated rings. The van der Waals surface area contributed by atoms with E-state index in [2.05, 4.69) is 39.5 Å². The number of hydrogen-bond acceptors (Lipinski definition) is 4. The van der Waals surface area contributed by atoms with Crippen LogP contribution in [0.25, 0.3) is 0 Å². The second-order valence-corrected chi connectivity index (χ2v) is 6.05. The monoisotopic (exact) mass is 260 g/mol. The number of aromatic nitrogens is 2. The Bertz CT molecular complexity index is 397. The van der Waals surface area contributed by atoms with Crippen LogP contribution in [0.15, 0.2) is 12.1 Å². The van der Waals surface area contributed by atoms with Crippen LogP contribution < -0.4 is 10.2 Å². The summed E-state index contributed by atoms with van der Waals surface area (Å²) in [6.07, 6.45) is 5.28. The van der Waals surface area contributed by atoms with Gasteiger partial charge >= 0.3 is 0 Å². The van der Waals surface area contributed by atoms with Crippen molar-refractivity contribution in [1.82, 2.24) is 15.5 Å². The normalized spacial score (nSPS) is 25.5. The fourth-order valence-corrected chi connectivity index (χ4v) is 3.25. The Labute approximate surface area is 115 Å². The van der Waals surface area contributed by atoms with Gasteiger partial charge in [-0.2, -0.15) is 5.10 Å². The summed E-state index contributed by atoms with van der Waals surface area (Å²) < 4.78 is 0. The molecule has 2 aliphatic rings. The first-order valence-corrected chi connectivity index (χ1v) is 7.62. The first-order chi connectivity index (χ1) is 9.33. The van der Waals surface area contributed by atoms with Crippen molar-refractivity contribution in [3.8, 4) is 0 Å². The van der Waals surface area contributed by atoms with Gasteiger partial charge in [0, 0.05) is 25.6 Å². The van der Waals surface area contributed by atoms with Crippen LogP contribution in [-0.2, 0) is 0 Å². The average molecular weight is 260 g/mol. The molecule has 104 valence electrons. The summed E-state index contributed by atoms with van der Waals surface area (Å²) in [6.45, 7) is 6.53. The molecule has 0 amide bonds. The van der Waals surface area contributed by atoms with Crippen molar-refractivity contribution in [1.29, 1.82) is 0 Å². The molecule has 1 unspecified atom stereocenters. The third kappa shape index (κ3) is 3.06. The Kier molecular flexibility index (Phi) is 3.97. The van der Waals surface area contributed by atoms with E-state index >= 15 is 0 Å². The van der Waals surface area contributed by atoms with E-state index in [1.807, 2.05) is 0 Å². The zero-order valence-electron chi connectivity index (χ0n) is 11.8. The highest BCUT2D eigenvalue weighted by atomic mass is 15.3. The lowest BCUT2D eigenvalue weighted by atomic mass is 10.0. The van der Waals surface area contributed by atoms with E-state index < -0.39 is 0 Å². The SMILES string of the molecule is CC1CNCCN(c2ccc(C3CCCC3)nn2)C1. The predicted octanol–water partition coefficient (Wildman–Crippen LogP) is 2.18. The van der Waals surface area contributed by atoms with Crippen LogP contribution in [0.1, 0.15) is 44.2 Å². The van der Waals surface area contributed by atoms with Crippen LogP contribution in [-0.4, -0.2) is 36.4 Å². The number of nitrogens with zero attached hydrogens (tertiary/aromatic N) is 3. The van der Waals surface area contributed by atoms with Crippen LogP contribution >= 0.6 is 0 Å². The number of rotatable bonds is 2. The Morgan fingerprint density at radius 3 is 2.79 bits per heavy atom. The lowest BCUT2D eigenvalue weighted by Crippen LogP contribution is -2.30. The second kappa shape index (κ2) is 5.87. The Hall–Kier alpha value is -1.16. The van der Waals surface area contributed by atoms with Crippen LogP contribution in [0.3, 0.4) is 0 Å². The fourth-order valence-electron chi connectivity index (χ4n) is 3.25. The molecule has 1 aromatic heterocycles. The quantitative estimate of drug-likeness (QED) is 0.885. The van der Waals surface area contributed by atoms with E-state index in [9.17, 15) is 0 Å². The Morgan fingerprint density at radius 2 is 2.05 bits per heavy atom. The first-order valence-electron chi connectivity index (χ1n) is 7.62. The van der Waals surface area contributed by atoms with Crippen molar-refractivity contribution in [2.75, 3.05) is 31.1 Å². The molecule has 1 aliphatic carbocycles. The van der Waals surface area contributed by atoms with Crippen molar-refractivity contribution in [2.45, 2.75) is 38.5 Å². The zero-order valence-corrected chi connectivity index (χ0v) is 11.8.